The van der Waals surface area contributed by atoms with Crippen LogP contribution in [0.15, 0.2) is 83.8 Å². The van der Waals surface area contributed by atoms with Crippen molar-refractivity contribution in [2.24, 2.45) is 5.92 Å². The number of amides is 1. The average Bonchev–Trinajstić information content (AvgIpc) is 2.84. The first-order chi connectivity index (χ1) is 16.4. The summed E-state index contributed by atoms with van der Waals surface area (Å²) in [6.45, 7) is 2.71. The highest BCUT2D eigenvalue weighted by atomic mass is 32.2. The van der Waals surface area contributed by atoms with Crippen LogP contribution in [0.25, 0.3) is 0 Å². The molecule has 1 amide bonds. The summed E-state index contributed by atoms with van der Waals surface area (Å²) in [6.07, 6.45) is 1.06. The SMILES string of the molecule is Cc1cccc(CS(=O)(=O)N2CCC(C(=O)Nc3ccc(CSc4ccccc4)cc3)CC2)c1. The van der Waals surface area contributed by atoms with Gasteiger partial charge in [-0.1, -0.05) is 60.2 Å². The summed E-state index contributed by atoms with van der Waals surface area (Å²) >= 11 is 1.78. The van der Waals surface area contributed by atoms with Crippen molar-refractivity contribution in [1.82, 2.24) is 4.31 Å². The van der Waals surface area contributed by atoms with Crippen molar-refractivity contribution in [3.05, 3.63) is 95.6 Å². The van der Waals surface area contributed by atoms with E-state index in [9.17, 15) is 13.2 Å². The van der Waals surface area contributed by atoms with Crippen LogP contribution < -0.4 is 5.32 Å². The molecule has 178 valence electrons. The molecule has 1 aliphatic heterocycles. The van der Waals surface area contributed by atoms with Gasteiger partial charge in [-0.2, -0.15) is 0 Å². The number of aryl methyl sites for hydroxylation is 1. The molecular formula is C27H30N2O3S2. The third kappa shape index (κ3) is 6.72. The predicted molar refractivity (Wildman–Crippen MR) is 139 cm³/mol. The van der Waals surface area contributed by atoms with Crippen LogP contribution in [0, 0.1) is 12.8 Å². The number of hydrogen-bond donors (Lipinski definition) is 1. The van der Waals surface area contributed by atoms with Crippen LogP contribution in [0.4, 0.5) is 5.69 Å². The van der Waals surface area contributed by atoms with Gasteiger partial charge >= 0.3 is 0 Å². The third-order valence-corrected chi connectivity index (χ3v) is 8.95. The standard InChI is InChI=1S/C27H30N2O3S2/c1-21-6-5-7-23(18-21)20-34(31,32)29-16-14-24(15-17-29)27(30)28-25-12-10-22(11-13-25)19-33-26-8-3-2-4-9-26/h2-13,18,24H,14-17,19-20H2,1H3,(H,28,30). The van der Waals surface area contributed by atoms with Crippen molar-refractivity contribution >= 4 is 33.4 Å². The Morgan fingerprint density at radius 1 is 0.941 bits per heavy atom. The zero-order valence-corrected chi connectivity index (χ0v) is 20.9. The lowest BCUT2D eigenvalue weighted by Crippen LogP contribution is -2.41. The molecule has 1 N–H and O–H groups in total. The number of carbonyl (C=O) groups is 1. The number of piperidine rings is 1. The first-order valence-electron chi connectivity index (χ1n) is 11.5. The van der Waals surface area contributed by atoms with E-state index in [-0.39, 0.29) is 17.6 Å². The summed E-state index contributed by atoms with van der Waals surface area (Å²) in [7, 11) is -3.39. The van der Waals surface area contributed by atoms with Crippen LogP contribution in [0.5, 0.6) is 0 Å². The molecule has 1 heterocycles. The molecular weight excluding hydrogens is 464 g/mol. The van der Waals surface area contributed by atoms with Crippen LogP contribution in [-0.2, 0) is 26.3 Å². The van der Waals surface area contributed by atoms with E-state index < -0.39 is 10.0 Å². The number of anilines is 1. The number of rotatable bonds is 8. The largest absolute Gasteiger partial charge is 0.326 e. The summed E-state index contributed by atoms with van der Waals surface area (Å²) in [5.41, 5.74) is 3.81. The second-order valence-corrected chi connectivity index (χ2v) is 11.7. The van der Waals surface area contributed by atoms with Crippen LogP contribution in [0.1, 0.15) is 29.5 Å². The maximum atomic E-state index is 12.8. The van der Waals surface area contributed by atoms with Gasteiger partial charge in [0, 0.05) is 35.3 Å². The minimum absolute atomic E-state index is 0.000446. The van der Waals surface area contributed by atoms with E-state index >= 15 is 0 Å². The minimum Gasteiger partial charge on any atom is -0.326 e. The van der Waals surface area contributed by atoms with Gasteiger partial charge in [0.15, 0.2) is 0 Å². The summed E-state index contributed by atoms with van der Waals surface area (Å²) < 4.78 is 27.2. The summed E-state index contributed by atoms with van der Waals surface area (Å²) in [4.78, 5) is 14.0. The zero-order valence-electron chi connectivity index (χ0n) is 19.3. The van der Waals surface area contributed by atoms with Gasteiger partial charge in [-0.25, -0.2) is 12.7 Å². The molecule has 3 aromatic carbocycles. The van der Waals surface area contributed by atoms with Crippen molar-refractivity contribution in [1.29, 1.82) is 0 Å². The van der Waals surface area contributed by atoms with Gasteiger partial charge in [-0.05, 0) is 55.2 Å². The van der Waals surface area contributed by atoms with E-state index in [4.69, 9.17) is 0 Å². The molecule has 0 unspecified atom stereocenters. The van der Waals surface area contributed by atoms with E-state index in [0.717, 1.165) is 22.6 Å². The fourth-order valence-corrected chi connectivity index (χ4v) is 6.54. The number of nitrogens with zero attached hydrogens (tertiary/aromatic N) is 1. The van der Waals surface area contributed by atoms with Gasteiger partial charge < -0.3 is 5.32 Å². The monoisotopic (exact) mass is 494 g/mol. The topological polar surface area (TPSA) is 66.5 Å². The second-order valence-electron chi connectivity index (χ2n) is 8.71. The highest BCUT2D eigenvalue weighted by molar-refractivity contribution is 7.98. The van der Waals surface area contributed by atoms with Gasteiger partial charge in [0.25, 0.3) is 0 Å². The Morgan fingerprint density at radius 3 is 2.32 bits per heavy atom. The third-order valence-electron chi connectivity index (χ3n) is 6.02. The molecule has 5 nitrogen and oxygen atoms in total. The van der Waals surface area contributed by atoms with Crippen molar-refractivity contribution in [3.63, 3.8) is 0 Å². The van der Waals surface area contributed by atoms with Gasteiger partial charge in [0.05, 0.1) is 5.75 Å². The molecule has 0 bridgehead atoms. The van der Waals surface area contributed by atoms with Gasteiger partial charge in [-0.15, -0.1) is 11.8 Å². The zero-order chi connectivity index (χ0) is 24.0. The molecule has 0 aromatic heterocycles. The number of carbonyl (C=O) groups excluding carboxylic acids is 1. The average molecular weight is 495 g/mol. The van der Waals surface area contributed by atoms with Crippen molar-refractivity contribution in [2.75, 3.05) is 18.4 Å². The molecule has 0 aliphatic carbocycles. The molecule has 0 atom stereocenters. The summed E-state index contributed by atoms with van der Waals surface area (Å²) in [5.74, 6) is 0.648. The van der Waals surface area contributed by atoms with Crippen LogP contribution >= 0.6 is 11.8 Å². The Balaban J connectivity index is 1.25. The van der Waals surface area contributed by atoms with Crippen LogP contribution in [0.3, 0.4) is 0 Å². The van der Waals surface area contributed by atoms with E-state index in [1.807, 2.05) is 73.7 Å². The summed E-state index contributed by atoms with van der Waals surface area (Å²) in [5, 5.41) is 3.00. The Labute approximate surface area is 206 Å². The van der Waals surface area contributed by atoms with E-state index in [2.05, 4.69) is 17.4 Å². The van der Waals surface area contributed by atoms with Crippen molar-refractivity contribution in [2.45, 2.75) is 36.2 Å². The van der Waals surface area contributed by atoms with E-state index in [1.54, 1.807) is 11.8 Å². The number of benzene rings is 3. The molecule has 3 aromatic rings. The highest BCUT2D eigenvalue weighted by Crippen LogP contribution is 2.25. The highest BCUT2D eigenvalue weighted by Gasteiger charge is 2.31. The smallest absolute Gasteiger partial charge is 0.227 e. The van der Waals surface area contributed by atoms with Gasteiger partial charge in [0.2, 0.25) is 15.9 Å². The number of hydrogen-bond acceptors (Lipinski definition) is 4. The Morgan fingerprint density at radius 2 is 1.65 bits per heavy atom. The molecule has 1 aliphatic rings. The molecule has 1 saturated heterocycles. The first-order valence-corrected chi connectivity index (χ1v) is 14.1. The molecule has 7 heteroatoms. The molecule has 0 radical (unpaired) electrons. The van der Waals surface area contributed by atoms with E-state index in [1.165, 1.54) is 14.8 Å². The number of sulfonamides is 1. The predicted octanol–water partition coefficient (Wildman–Crippen LogP) is 5.47. The Bertz CT molecular complexity index is 1200. The van der Waals surface area contributed by atoms with Gasteiger partial charge in [0.1, 0.15) is 0 Å². The molecule has 34 heavy (non-hydrogen) atoms. The number of nitrogens with one attached hydrogen (secondary N) is 1. The van der Waals surface area contributed by atoms with Gasteiger partial charge in [-0.3, -0.25) is 4.79 Å². The maximum Gasteiger partial charge on any atom is 0.227 e. The molecule has 1 fully saturated rings. The fourth-order valence-electron chi connectivity index (χ4n) is 4.11. The van der Waals surface area contributed by atoms with Crippen LogP contribution in [0.2, 0.25) is 0 Å². The normalized spacial score (nSPS) is 15.2. The lowest BCUT2D eigenvalue weighted by atomic mass is 9.97. The van der Waals surface area contributed by atoms with Crippen molar-refractivity contribution in [3.8, 4) is 0 Å². The van der Waals surface area contributed by atoms with Crippen molar-refractivity contribution < 1.29 is 13.2 Å². The summed E-state index contributed by atoms with van der Waals surface area (Å²) in [6, 6.07) is 25.8. The lowest BCUT2D eigenvalue weighted by molar-refractivity contribution is -0.120. The molecule has 0 spiro atoms. The quantitative estimate of drug-likeness (QED) is 0.422. The fraction of sp³-hybridized carbons (Fsp3) is 0.296. The van der Waals surface area contributed by atoms with Crippen LogP contribution in [-0.4, -0.2) is 31.7 Å². The Kier molecular flexibility index (Phi) is 8.08. The minimum atomic E-state index is -3.39. The second kappa shape index (κ2) is 11.2. The lowest BCUT2D eigenvalue weighted by Gasteiger charge is -2.30. The molecule has 4 rings (SSSR count). The maximum absolute atomic E-state index is 12.8. The first kappa shape index (κ1) is 24.5. The Hall–Kier alpha value is -2.61. The van der Waals surface area contributed by atoms with E-state index in [0.29, 0.717) is 25.9 Å². The molecule has 0 saturated carbocycles. The number of thioether (sulfide) groups is 1.